The quantitative estimate of drug-likeness (QED) is 0.215. The number of nitriles is 1. The van der Waals surface area contributed by atoms with Gasteiger partial charge in [-0.25, -0.2) is 9.02 Å². The van der Waals surface area contributed by atoms with Crippen molar-refractivity contribution in [1.29, 1.82) is 5.26 Å². The molecule has 2 heterocycles. The summed E-state index contributed by atoms with van der Waals surface area (Å²) >= 11 is 1.04. The summed E-state index contributed by atoms with van der Waals surface area (Å²) in [7, 11) is 0. The van der Waals surface area contributed by atoms with Crippen LogP contribution in [0.3, 0.4) is 0 Å². The number of nitrogens with zero attached hydrogens (tertiary/aromatic N) is 4. The maximum atomic E-state index is 13.4. The number of ether oxygens (including phenoxy) is 1. The van der Waals surface area contributed by atoms with E-state index in [2.05, 4.69) is 30.7 Å². The number of oxime groups is 1. The summed E-state index contributed by atoms with van der Waals surface area (Å²) in [6, 6.07) is 5.42. The summed E-state index contributed by atoms with van der Waals surface area (Å²) in [6.45, 7) is 0.974. The highest BCUT2D eigenvalue weighted by molar-refractivity contribution is 8.00. The smallest absolute Gasteiger partial charge is 0.230 e. The first-order valence-electron chi connectivity index (χ1n) is 7.62. The van der Waals surface area contributed by atoms with Gasteiger partial charge in [-0.05, 0) is 28.5 Å². The van der Waals surface area contributed by atoms with Crippen LogP contribution >= 0.6 is 11.8 Å². The fraction of sp³-hybridized carbons (Fsp3) is 0.267. The second-order valence-electron chi connectivity index (χ2n) is 5.39. The van der Waals surface area contributed by atoms with Gasteiger partial charge in [0, 0.05) is 5.69 Å². The third-order valence-electron chi connectivity index (χ3n) is 3.48. The zero-order valence-electron chi connectivity index (χ0n) is 13.7. The van der Waals surface area contributed by atoms with Crippen LogP contribution in [0.5, 0.6) is 0 Å². The molecule has 1 fully saturated rings. The molecule has 0 bridgehead atoms. The molecule has 1 saturated heterocycles. The van der Waals surface area contributed by atoms with Gasteiger partial charge >= 0.3 is 0 Å². The maximum absolute atomic E-state index is 13.4. The summed E-state index contributed by atoms with van der Waals surface area (Å²) < 4.78 is 23.0. The van der Waals surface area contributed by atoms with Crippen molar-refractivity contribution in [3.8, 4) is 6.07 Å². The van der Waals surface area contributed by atoms with E-state index in [4.69, 9.17) is 10.00 Å². The number of amides is 1. The molecule has 1 aliphatic rings. The van der Waals surface area contributed by atoms with Crippen LogP contribution < -0.4 is 10.6 Å². The van der Waals surface area contributed by atoms with Gasteiger partial charge in [0.15, 0.2) is 10.7 Å². The molecule has 0 unspecified atom stereocenters. The zero-order valence-corrected chi connectivity index (χ0v) is 14.5. The minimum atomic E-state index is -0.673. The van der Waals surface area contributed by atoms with E-state index >= 15 is 0 Å². The van der Waals surface area contributed by atoms with Crippen LogP contribution in [0.15, 0.2) is 33.0 Å². The topological polar surface area (TPSA) is 146 Å². The van der Waals surface area contributed by atoms with Crippen molar-refractivity contribution in [3.05, 3.63) is 35.3 Å². The van der Waals surface area contributed by atoms with E-state index in [9.17, 15) is 14.4 Å². The molecule has 1 aromatic carbocycles. The number of carbonyl (C=O) groups is 1. The van der Waals surface area contributed by atoms with Gasteiger partial charge in [0.2, 0.25) is 11.7 Å². The number of anilines is 1. The van der Waals surface area contributed by atoms with Gasteiger partial charge in [-0.3, -0.25) is 4.79 Å². The highest BCUT2D eigenvalue weighted by Crippen LogP contribution is 2.21. The minimum Gasteiger partial charge on any atom is -0.409 e. The van der Waals surface area contributed by atoms with Crippen molar-refractivity contribution in [2.45, 2.75) is 11.1 Å². The Labute approximate surface area is 156 Å². The van der Waals surface area contributed by atoms with Crippen LogP contribution in [-0.4, -0.2) is 52.3 Å². The molecule has 0 saturated carbocycles. The number of rotatable bonds is 6. The van der Waals surface area contributed by atoms with E-state index in [1.165, 1.54) is 12.1 Å². The normalized spacial score (nSPS) is 14.3. The van der Waals surface area contributed by atoms with Crippen molar-refractivity contribution in [1.82, 2.24) is 15.6 Å². The standard InChI is InChI=1S/C15H13FN6O4S/c16-11-2-1-9(3-8(11)4-17)19-14(20-24)13-15(22-26-21-13)27-7-12(23)18-10-5-25-6-10/h1-3,10,24H,5-7H2,(H,18,23)(H,19,20). The van der Waals surface area contributed by atoms with E-state index in [0.717, 1.165) is 17.8 Å². The Hall–Kier alpha value is -3.17. The third-order valence-corrected chi connectivity index (χ3v) is 4.42. The highest BCUT2D eigenvalue weighted by Gasteiger charge is 2.22. The van der Waals surface area contributed by atoms with E-state index in [-0.39, 0.29) is 39.8 Å². The van der Waals surface area contributed by atoms with Crippen LogP contribution in [0, 0.1) is 17.1 Å². The molecular weight excluding hydrogens is 379 g/mol. The summed E-state index contributed by atoms with van der Waals surface area (Å²) in [6.07, 6.45) is 0. The molecule has 2 aromatic rings. The molecular formula is C15H13FN6O4S. The van der Waals surface area contributed by atoms with Gasteiger partial charge in [-0.1, -0.05) is 16.9 Å². The number of aromatic nitrogens is 2. The maximum Gasteiger partial charge on any atom is 0.230 e. The molecule has 3 rings (SSSR count). The fourth-order valence-corrected chi connectivity index (χ4v) is 2.81. The number of hydrogen-bond donors (Lipinski definition) is 3. The SMILES string of the molecule is N#Cc1cc(N/C(=N\O)c2nonc2SCC(=O)NC2COC2)ccc1F. The Morgan fingerprint density at radius 1 is 1.48 bits per heavy atom. The number of halogens is 1. The van der Waals surface area contributed by atoms with E-state index < -0.39 is 5.82 Å². The molecule has 10 nitrogen and oxygen atoms in total. The predicted molar refractivity (Wildman–Crippen MR) is 90.8 cm³/mol. The lowest BCUT2D eigenvalue weighted by Crippen LogP contribution is -2.49. The van der Waals surface area contributed by atoms with Crippen LogP contribution in [0.2, 0.25) is 0 Å². The summed E-state index contributed by atoms with van der Waals surface area (Å²) in [5.41, 5.74) is 0.175. The molecule has 140 valence electrons. The Morgan fingerprint density at radius 3 is 2.96 bits per heavy atom. The highest BCUT2D eigenvalue weighted by atomic mass is 32.2. The number of benzene rings is 1. The summed E-state index contributed by atoms with van der Waals surface area (Å²) in [4.78, 5) is 11.9. The average Bonchev–Trinajstić information content (AvgIpc) is 3.10. The molecule has 1 amide bonds. The lowest BCUT2D eigenvalue weighted by molar-refractivity contribution is -0.122. The van der Waals surface area contributed by atoms with Gasteiger partial charge in [0.05, 0.1) is 30.6 Å². The van der Waals surface area contributed by atoms with Crippen LogP contribution in [0.25, 0.3) is 0 Å². The molecule has 3 N–H and O–H groups in total. The molecule has 27 heavy (non-hydrogen) atoms. The van der Waals surface area contributed by atoms with Crippen LogP contribution in [0.4, 0.5) is 10.1 Å². The Bertz CT molecular complexity index is 908. The number of carbonyl (C=O) groups excluding carboxylic acids is 1. The van der Waals surface area contributed by atoms with E-state index in [1.807, 2.05) is 0 Å². The van der Waals surface area contributed by atoms with Gasteiger partial charge in [0.25, 0.3) is 0 Å². The second kappa shape index (κ2) is 8.47. The second-order valence-corrected chi connectivity index (χ2v) is 6.35. The monoisotopic (exact) mass is 392 g/mol. The van der Waals surface area contributed by atoms with Crippen LogP contribution in [0.1, 0.15) is 11.3 Å². The molecule has 1 aliphatic heterocycles. The van der Waals surface area contributed by atoms with E-state index in [0.29, 0.717) is 18.9 Å². The first-order valence-corrected chi connectivity index (χ1v) is 8.61. The Balaban J connectivity index is 1.67. The first-order chi connectivity index (χ1) is 13.1. The van der Waals surface area contributed by atoms with E-state index in [1.54, 1.807) is 6.07 Å². The molecule has 12 heteroatoms. The molecule has 0 atom stereocenters. The molecule has 0 radical (unpaired) electrons. The van der Waals surface area contributed by atoms with Crippen molar-refractivity contribution < 1.29 is 23.8 Å². The number of hydrogen-bond acceptors (Lipinski definition) is 9. The Kier molecular flexibility index (Phi) is 5.84. The van der Waals surface area contributed by atoms with Crippen molar-refractivity contribution >= 4 is 29.2 Å². The number of nitrogens with one attached hydrogen (secondary N) is 2. The van der Waals surface area contributed by atoms with Gasteiger partial charge in [-0.2, -0.15) is 5.26 Å². The average molecular weight is 392 g/mol. The predicted octanol–water partition coefficient (Wildman–Crippen LogP) is 0.935. The minimum absolute atomic E-state index is 0.0112. The molecule has 1 aromatic heterocycles. The molecule has 0 aliphatic carbocycles. The number of amidine groups is 1. The van der Waals surface area contributed by atoms with Crippen molar-refractivity contribution in [2.24, 2.45) is 5.16 Å². The Morgan fingerprint density at radius 2 is 2.30 bits per heavy atom. The molecule has 0 spiro atoms. The third kappa shape index (κ3) is 4.52. The van der Waals surface area contributed by atoms with Gasteiger partial charge in [-0.15, -0.1) is 0 Å². The first kappa shape index (κ1) is 18.6. The zero-order chi connectivity index (χ0) is 19.2. The van der Waals surface area contributed by atoms with Gasteiger partial charge in [0.1, 0.15) is 11.9 Å². The summed E-state index contributed by atoms with van der Waals surface area (Å²) in [5, 5.41) is 34.3. The lowest BCUT2D eigenvalue weighted by atomic mass is 10.2. The fourth-order valence-electron chi connectivity index (χ4n) is 2.10. The van der Waals surface area contributed by atoms with Crippen molar-refractivity contribution in [2.75, 3.05) is 24.3 Å². The summed E-state index contributed by atoms with van der Waals surface area (Å²) in [5.74, 6) is -0.976. The van der Waals surface area contributed by atoms with Crippen LogP contribution in [-0.2, 0) is 9.53 Å². The lowest BCUT2D eigenvalue weighted by Gasteiger charge is -2.26. The van der Waals surface area contributed by atoms with Crippen molar-refractivity contribution in [3.63, 3.8) is 0 Å². The largest absolute Gasteiger partial charge is 0.409 e. The van der Waals surface area contributed by atoms with Gasteiger partial charge < -0.3 is 20.6 Å². The number of thioether (sulfide) groups is 1.